The molecule has 4 aromatic rings. The molecular weight excluding hydrogens is 522 g/mol. The Hall–Kier alpha value is -3.91. The maximum absolute atomic E-state index is 15.4. The molecule has 3 heterocycles. The highest BCUT2D eigenvalue weighted by atomic mass is 35.5. The van der Waals surface area contributed by atoms with Crippen LogP contribution in [0.5, 0.6) is 0 Å². The third-order valence-electron chi connectivity index (χ3n) is 7.27. The van der Waals surface area contributed by atoms with Crippen molar-refractivity contribution in [2.75, 3.05) is 14.1 Å². The van der Waals surface area contributed by atoms with Gasteiger partial charge in [-0.1, -0.05) is 17.7 Å². The van der Waals surface area contributed by atoms with E-state index in [1.54, 1.807) is 45.4 Å². The van der Waals surface area contributed by atoms with Crippen molar-refractivity contribution in [2.24, 2.45) is 0 Å². The van der Waals surface area contributed by atoms with Gasteiger partial charge in [-0.3, -0.25) is 24.1 Å². The van der Waals surface area contributed by atoms with Gasteiger partial charge in [0, 0.05) is 37.2 Å². The Morgan fingerprint density at radius 2 is 1.74 bits per heavy atom. The summed E-state index contributed by atoms with van der Waals surface area (Å²) in [4.78, 5) is 35.9. The van der Waals surface area contributed by atoms with Gasteiger partial charge < -0.3 is 4.90 Å². The van der Waals surface area contributed by atoms with Gasteiger partial charge in [0.05, 0.1) is 23.1 Å². The number of carbonyl (C=O) groups excluding carboxylic acids is 1. The standard InChI is InChI=1S/C30H27ClF2N4O2/c1-15-13-35-25(19-7-6-8-20(28(19)33)29(38)36(4)5)12-26(15)37-16(2)9-24(27(31)30(37)39)23-11-22(23)21-10-18(32)14-34-17(21)3/h6-10,12-14,22-23H,11H2,1-5H3/t22?,23-/m1/s1. The number of halogens is 3. The van der Waals surface area contributed by atoms with Gasteiger partial charge in [-0.05, 0) is 86.1 Å². The summed E-state index contributed by atoms with van der Waals surface area (Å²) >= 11 is 6.66. The molecule has 200 valence electrons. The summed E-state index contributed by atoms with van der Waals surface area (Å²) in [6.45, 7) is 5.45. The van der Waals surface area contributed by atoms with E-state index < -0.39 is 23.1 Å². The Bertz CT molecular complexity index is 1700. The second-order valence-electron chi connectivity index (χ2n) is 10.2. The molecule has 0 bridgehead atoms. The van der Waals surface area contributed by atoms with Crippen molar-refractivity contribution in [3.8, 4) is 16.9 Å². The zero-order valence-corrected chi connectivity index (χ0v) is 23.0. The number of amides is 1. The minimum Gasteiger partial charge on any atom is -0.345 e. The average Bonchev–Trinajstić information content (AvgIpc) is 3.69. The van der Waals surface area contributed by atoms with Crippen molar-refractivity contribution in [3.05, 3.63) is 109 Å². The molecule has 1 unspecified atom stereocenters. The van der Waals surface area contributed by atoms with Gasteiger partial charge in [0.2, 0.25) is 0 Å². The molecule has 1 saturated carbocycles. The first kappa shape index (κ1) is 26.7. The lowest BCUT2D eigenvalue weighted by Gasteiger charge is -2.17. The van der Waals surface area contributed by atoms with Gasteiger partial charge in [0.1, 0.15) is 16.7 Å². The molecule has 9 heteroatoms. The molecule has 2 atom stereocenters. The highest BCUT2D eigenvalue weighted by molar-refractivity contribution is 6.31. The second-order valence-corrected chi connectivity index (χ2v) is 10.6. The maximum atomic E-state index is 15.4. The van der Waals surface area contributed by atoms with Gasteiger partial charge in [0.15, 0.2) is 0 Å². The Labute approximate surface area is 229 Å². The first-order chi connectivity index (χ1) is 18.5. The number of benzene rings is 1. The Balaban J connectivity index is 1.56. The molecule has 3 aromatic heterocycles. The van der Waals surface area contributed by atoms with Gasteiger partial charge in [-0.25, -0.2) is 8.78 Å². The van der Waals surface area contributed by atoms with Crippen LogP contribution in [0.2, 0.25) is 5.02 Å². The highest BCUT2D eigenvalue weighted by Gasteiger charge is 2.42. The summed E-state index contributed by atoms with van der Waals surface area (Å²) in [6, 6.07) is 9.58. The largest absolute Gasteiger partial charge is 0.345 e. The fraction of sp³-hybridized carbons (Fsp3) is 0.267. The van der Waals surface area contributed by atoms with Crippen LogP contribution in [-0.4, -0.2) is 39.4 Å². The van der Waals surface area contributed by atoms with Crippen molar-refractivity contribution in [2.45, 2.75) is 39.0 Å². The monoisotopic (exact) mass is 548 g/mol. The van der Waals surface area contributed by atoms with Crippen molar-refractivity contribution < 1.29 is 13.6 Å². The zero-order valence-electron chi connectivity index (χ0n) is 22.2. The minimum atomic E-state index is -0.683. The molecule has 0 saturated heterocycles. The fourth-order valence-electron chi connectivity index (χ4n) is 5.12. The number of aryl methyl sites for hydroxylation is 3. The third-order valence-corrected chi connectivity index (χ3v) is 7.65. The fourth-order valence-corrected chi connectivity index (χ4v) is 5.40. The number of carbonyl (C=O) groups is 1. The van der Waals surface area contributed by atoms with Crippen molar-refractivity contribution in [1.29, 1.82) is 0 Å². The molecule has 5 rings (SSSR count). The summed E-state index contributed by atoms with van der Waals surface area (Å²) in [5.74, 6) is -1.51. The number of hydrogen-bond donors (Lipinski definition) is 0. The quantitative estimate of drug-likeness (QED) is 0.301. The smallest absolute Gasteiger partial charge is 0.274 e. The molecule has 1 fully saturated rings. The number of hydrogen-bond acceptors (Lipinski definition) is 4. The van der Waals surface area contributed by atoms with Gasteiger partial charge in [0.25, 0.3) is 11.5 Å². The van der Waals surface area contributed by atoms with E-state index in [0.717, 1.165) is 23.2 Å². The van der Waals surface area contributed by atoms with Crippen LogP contribution in [0.4, 0.5) is 8.78 Å². The van der Waals surface area contributed by atoms with Crippen molar-refractivity contribution in [1.82, 2.24) is 19.4 Å². The summed E-state index contributed by atoms with van der Waals surface area (Å²) in [7, 11) is 3.11. The van der Waals surface area contributed by atoms with Crippen LogP contribution in [0.25, 0.3) is 16.9 Å². The predicted octanol–water partition coefficient (Wildman–Crippen LogP) is 6.12. The van der Waals surface area contributed by atoms with E-state index in [9.17, 15) is 14.0 Å². The average molecular weight is 549 g/mol. The van der Waals surface area contributed by atoms with Crippen LogP contribution >= 0.6 is 11.6 Å². The topological polar surface area (TPSA) is 68.1 Å². The molecule has 0 N–H and O–H groups in total. The molecule has 1 aliphatic rings. The lowest BCUT2D eigenvalue weighted by molar-refractivity contribution is 0.0823. The molecule has 0 aliphatic heterocycles. The Morgan fingerprint density at radius 1 is 1.03 bits per heavy atom. The Kier molecular flexibility index (Phi) is 6.84. The molecule has 6 nitrogen and oxygen atoms in total. The minimum absolute atomic E-state index is 0.0129. The molecule has 0 spiro atoms. The maximum Gasteiger partial charge on any atom is 0.274 e. The summed E-state index contributed by atoms with van der Waals surface area (Å²) in [6.07, 6.45) is 3.51. The first-order valence-corrected chi connectivity index (χ1v) is 12.9. The van der Waals surface area contributed by atoms with E-state index in [4.69, 9.17) is 11.6 Å². The summed E-state index contributed by atoms with van der Waals surface area (Å²) in [5, 5.41) is 0.0950. The van der Waals surface area contributed by atoms with E-state index in [2.05, 4.69) is 9.97 Å². The van der Waals surface area contributed by atoms with E-state index >= 15 is 4.39 Å². The lowest BCUT2D eigenvalue weighted by Crippen LogP contribution is -2.23. The molecule has 1 aromatic carbocycles. The number of rotatable bonds is 5. The third kappa shape index (κ3) is 4.74. The molecule has 0 radical (unpaired) electrons. The number of aromatic nitrogens is 3. The van der Waals surface area contributed by atoms with E-state index in [1.165, 1.54) is 27.8 Å². The van der Waals surface area contributed by atoms with E-state index in [0.29, 0.717) is 16.9 Å². The molecular formula is C30H27ClF2N4O2. The van der Waals surface area contributed by atoms with E-state index in [-0.39, 0.29) is 33.7 Å². The van der Waals surface area contributed by atoms with Gasteiger partial charge in [-0.2, -0.15) is 0 Å². The van der Waals surface area contributed by atoms with Crippen LogP contribution in [-0.2, 0) is 0 Å². The molecule has 1 aliphatic carbocycles. The normalized spacial score (nSPS) is 16.3. The molecule has 39 heavy (non-hydrogen) atoms. The van der Waals surface area contributed by atoms with Crippen molar-refractivity contribution in [3.63, 3.8) is 0 Å². The van der Waals surface area contributed by atoms with Crippen LogP contribution < -0.4 is 5.56 Å². The number of pyridine rings is 3. The Morgan fingerprint density at radius 3 is 2.46 bits per heavy atom. The van der Waals surface area contributed by atoms with Crippen molar-refractivity contribution >= 4 is 17.5 Å². The second kappa shape index (κ2) is 10.0. The SMILES string of the molecule is Cc1cnc(-c2cccc(C(=O)N(C)C)c2F)cc1-n1c(C)cc([C@@H]2CC2c2cc(F)cnc2C)c(Cl)c1=O. The van der Waals surface area contributed by atoms with Crippen LogP contribution in [0.3, 0.4) is 0 Å². The summed E-state index contributed by atoms with van der Waals surface area (Å²) < 4.78 is 30.7. The first-order valence-electron chi connectivity index (χ1n) is 12.5. The van der Waals surface area contributed by atoms with Crippen LogP contribution in [0.1, 0.15) is 56.7 Å². The number of nitrogens with zero attached hydrogens (tertiary/aromatic N) is 4. The lowest BCUT2D eigenvalue weighted by atomic mass is 10.0. The molecule has 1 amide bonds. The summed E-state index contributed by atoms with van der Waals surface area (Å²) in [5.41, 5.74) is 4.12. The van der Waals surface area contributed by atoms with Crippen LogP contribution in [0, 0.1) is 32.4 Å². The predicted molar refractivity (Wildman–Crippen MR) is 147 cm³/mol. The van der Waals surface area contributed by atoms with E-state index in [1.807, 2.05) is 19.9 Å². The van der Waals surface area contributed by atoms with Crippen LogP contribution in [0.15, 0.2) is 53.6 Å². The van der Waals surface area contributed by atoms with Gasteiger partial charge in [-0.15, -0.1) is 0 Å². The highest BCUT2D eigenvalue weighted by Crippen LogP contribution is 2.56. The zero-order chi connectivity index (χ0) is 28.2. The van der Waals surface area contributed by atoms with Gasteiger partial charge >= 0.3 is 0 Å².